The molecule has 0 N–H and O–H groups in total. The molecule has 26 heavy (non-hydrogen) atoms. The molecule has 1 aromatic heterocycles. The van der Waals surface area contributed by atoms with Gasteiger partial charge in [-0.15, -0.1) is 0 Å². The molecule has 1 aliphatic heterocycles. The summed E-state index contributed by atoms with van der Waals surface area (Å²) in [6, 6.07) is 8.01. The number of nitrogens with zero attached hydrogens (tertiary/aromatic N) is 4. The van der Waals surface area contributed by atoms with Crippen molar-refractivity contribution >= 4 is 5.91 Å². The molecule has 0 aliphatic carbocycles. The number of carbonyl (C=O) groups is 1. The second-order valence-corrected chi connectivity index (χ2v) is 6.91. The van der Waals surface area contributed by atoms with Crippen LogP contribution in [0.25, 0.3) is 0 Å². The molecule has 140 valence electrons. The van der Waals surface area contributed by atoms with Crippen LogP contribution in [0.5, 0.6) is 5.75 Å². The third kappa shape index (κ3) is 5.08. The van der Waals surface area contributed by atoms with Crippen molar-refractivity contribution in [1.82, 2.24) is 19.4 Å². The summed E-state index contributed by atoms with van der Waals surface area (Å²) in [5.41, 5.74) is 2.14. The fourth-order valence-electron chi connectivity index (χ4n) is 3.30. The molecule has 2 heterocycles. The van der Waals surface area contributed by atoms with E-state index in [2.05, 4.69) is 16.1 Å². The van der Waals surface area contributed by atoms with Crippen LogP contribution in [0.15, 0.2) is 36.8 Å². The third-order valence-corrected chi connectivity index (χ3v) is 4.74. The predicted molar refractivity (Wildman–Crippen MR) is 101 cm³/mol. The fourth-order valence-corrected chi connectivity index (χ4v) is 3.30. The van der Waals surface area contributed by atoms with Gasteiger partial charge in [-0.05, 0) is 25.5 Å². The third-order valence-electron chi connectivity index (χ3n) is 4.74. The number of ether oxygens (including phenoxy) is 1. The van der Waals surface area contributed by atoms with Crippen molar-refractivity contribution in [2.24, 2.45) is 7.05 Å². The number of hydrogen-bond donors (Lipinski definition) is 0. The Morgan fingerprint density at radius 1 is 1.19 bits per heavy atom. The smallest absolute Gasteiger partial charge is 0.219 e. The van der Waals surface area contributed by atoms with Gasteiger partial charge in [0.15, 0.2) is 0 Å². The number of imidazole rings is 1. The molecular weight excluding hydrogens is 328 g/mol. The van der Waals surface area contributed by atoms with E-state index >= 15 is 0 Å². The molecule has 0 unspecified atom stereocenters. The largest absolute Gasteiger partial charge is 0.492 e. The lowest BCUT2D eigenvalue weighted by Crippen LogP contribution is -2.33. The Hall–Kier alpha value is -2.34. The van der Waals surface area contributed by atoms with E-state index in [1.807, 2.05) is 47.1 Å². The zero-order chi connectivity index (χ0) is 18.4. The lowest BCUT2D eigenvalue weighted by molar-refractivity contribution is -0.129. The molecule has 0 atom stereocenters. The van der Waals surface area contributed by atoms with Crippen LogP contribution in [0.3, 0.4) is 0 Å². The van der Waals surface area contributed by atoms with Crippen LogP contribution in [-0.2, 0) is 24.9 Å². The van der Waals surface area contributed by atoms with Gasteiger partial charge in [-0.1, -0.05) is 18.2 Å². The summed E-state index contributed by atoms with van der Waals surface area (Å²) < 4.78 is 8.03. The Labute approximate surface area is 155 Å². The minimum absolute atomic E-state index is 0.113. The maximum atomic E-state index is 12.0. The van der Waals surface area contributed by atoms with Crippen molar-refractivity contribution in [1.29, 1.82) is 0 Å². The van der Waals surface area contributed by atoms with Crippen LogP contribution >= 0.6 is 0 Å². The van der Waals surface area contributed by atoms with E-state index in [9.17, 15) is 4.79 Å². The Morgan fingerprint density at radius 2 is 2.00 bits per heavy atom. The molecule has 2 aromatic rings. The van der Waals surface area contributed by atoms with Gasteiger partial charge in [-0.25, -0.2) is 4.98 Å². The molecule has 6 nitrogen and oxygen atoms in total. The summed E-state index contributed by atoms with van der Waals surface area (Å²) in [6.07, 6.45) is 5.95. The highest BCUT2D eigenvalue weighted by atomic mass is 16.5. The lowest BCUT2D eigenvalue weighted by Gasteiger charge is -2.26. The molecule has 1 aromatic carbocycles. The first-order valence-corrected chi connectivity index (χ1v) is 9.27. The van der Waals surface area contributed by atoms with E-state index in [1.54, 1.807) is 6.92 Å². The van der Waals surface area contributed by atoms with Crippen molar-refractivity contribution in [3.63, 3.8) is 0 Å². The van der Waals surface area contributed by atoms with Crippen LogP contribution in [0.2, 0.25) is 0 Å². The summed E-state index contributed by atoms with van der Waals surface area (Å²) >= 11 is 0. The number of hydrogen-bond acceptors (Lipinski definition) is 4. The molecular formula is C20H28N4O2. The number of aryl methyl sites for hydroxylation is 1. The number of fused-ring (bicyclic) bond motifs is 1. The molecule has 6 heteroatoms. The second kappa shape index (κ2) is 8.85. The van der Waals surface area contributed by atoms with Gasteiger partial charge in [0.1, 0.15) is 12.4 Å². The van der Waals surface area contributed by atoms with E-state index < -0.39 is 0 Å². The highest BCUT2D eigenvalue weighted by Crippen LogP contribution is 2.21. The standard InChI is InChI=1S/C20H28N4O2/c1-17(25)24-10-6-5-9-23(15-19-14-22(2)16-21-19)11-12-26-20-8-4-3-7-18(20)13-24/h3-4,7-8,14,16H,5-6,9-13,15H2,1-2H3. The van der Waals surface area contributed by atoms with Gasteiger partial charge in [0.25, 0.3) is 0 Å². The van der Waals surface area contributed by atoms with Crippen molar-refractivity contribution in [3.05, 3.63) is 48.0 Å². The second-order valence-electron chi connectivity index (χ2n) is 6.91. The van der Waals surface area contributed by atoms with Crippen molar-refractivity contribution in [2.75, 3.05) is 26.2 Å². The number of aromatic nitrogens is 2. The lowest BCUT2D eigenvalue weighted by atomic mass is 10.1. The summed E-state index contributed by atoms with van der Waals surface area (Å²) in [5, 5.41) is 0. The van der Waals surface area contributed by atoms with Crippen LogP contribution in [0, 0.1) is 0 Å². The van der Waals surface area contributed by atoms with Crippen LogP contribution in [0.4, 0.5) is 0 Å². The Balaban J connectivity index is 1.71. The molecule has 1 aliphatic rings. The summed E-state index contributed by atoms with van der Waals surface area (Å²) in [7, 11) is 1.99. The monoisotopic (exact) mass is 356 g/mol. The first kappa shape index (κ1) is 18.5. The molecule has 0 saturated heterocycles. The van der Waals surface area contributed by atoms with Crippen LogP contribution < -0.4 is 4.74 Å². The Morgan fingerprint density at radius 3 is 2.77 bits per heavy atom. The first-order valence-electron chi connectivity index (χ1n) is 9.27. The molecule has 0 bridgehead atoms. The molecule has 0 spiro atoms. The average Bonchev–Trinajstić information content (AvgIpc) is 3.01. The van der Waals surface area contributed by atoms with E-state index in [-0.39, 0.29) is 5.91 Å². The normalized spacial score (nSPS) is 16.9. The maximum absolute atomic E-state index is 12.0. The SMILES string of the molecule is CC(=O)N1CCCCN(Cc2cn(C)cn2)CCOc2ccccc2C1. The summed E-state index contributed by atoms with van der Waals surface area (Å²) in [5.74, 6) is 0.985. The van der Waals surface area contributed by atoms with Gasteiger partial charge < -0.3 is 14.2 Å². The average molecular weight is 356 g/mol. The molecule has 1 amide bonds. The van der Waals surface area contributed by atoms with E-state index in [0.717, 1.165) is 56.0 Å². The van der Waals surface area contributed by atoms with E-state index in [0.29, 0.717) is 13.2 Å². The molecule has 0 saturated carbocycles. The minimum atomic E-state index is 0.113. The van der Waals surface area contributed by atoms with E-state index in [1.165, 1.54) is 0 Å². The zero-order valence-corrected chi connectivity index (χ0v) is 15.7. The summed E-state index contributed by atoms with van der Waals surface area (Å²) in [4.78, 5) is 20.7. The Kier molecular flexibility index (Phi) is 6.28. The molecule has 0 radical (unpaired) electrons. The number of carbonyl (C=O) groups excluding carboxylic acids is 1. The van der Waals surface area contributed by atoms with Gasteiger partial charge in [0.2, 0.25) is 5.91 Å². The number of benzene rings is 1. The van der Waals surface area contributed by atoms with Gasteiger partial charge in [-0.3, -0.25) is 9.69 Å². The maximum Gasteiger partial charge on any atom is 0.219 e. The van der Waals surface area contributed by atoms with E-state index in [4.69, 9.17) is 4.74 Å². The van der Waals surface area contributed by atoms with Crippen LogP contribution in [0.1, 0.15) is 31.0 Å². The van der Waals surface area contributed by atoms with Gasteiger partial charge in [-0.2, -0.15) is 0 Å². The topological polar surface area (TPSA) is 50.6 Å². The fraction of sp³-hybridized carbons (Fsp3) is 0.500. The number of rotatable bonds is 2. The number of para-hydroxylation sites is 1. The van der Waals surface area contributed by atoms with Crippen molar-refractivity contribution in [3.8, 4) is 5.75 Å². The zero-order valence-electron chi connectivity index (χ0n) is 15.7. The first-order chi connectivity index (χ1) is 12.6. The van der Waals surface area contributed by atoms with Gasteiger partial charge >= 0.3 is 0 Å². The highest BCUT2D eigenvalue weighted by Gasteiger charge is 2.15. The van der Waals surface area contributed by atoms with Crippen molar-refractivity contribution in [2.45, 2.75) is 32.9 Å². The van der Waals surface area contributed by atoms with Gasteiger partial charge in [0, 0.05) is 51.9 Å². The number of amides is 1. The predicted octanol–water partition coefficient (Wildman–Crippen LogP) is 2.44. The quantitative estimate of drug-likeness (QED) is 0.829. The molecule has 3 rings (SSSR count). The molecule has 0 fully saturated rings. The highest BCUT2D eigenvalue weighted by molar-refractivity contribution is 5.73. The van der Waals surface area contributed by atoms with Crippen molar-refractivity contribution < 1.29 is 9.53 Å². The summed E-state index contributed by atoms with van der Waals surface area (Å²) in [6.45, 7) is 6.33. The minimum Gasteiger partial charge on any atom is -0.492 e. The Bertz CT molecular complexity index is 728. The van der Waals surface area contributed by atoms with Gasteiger partial charge in [0.05, 0.1) is 12.0 Å². The van der Waals surface area contributed by atoms with Crippen LogP contribution in [-0.4, -0.2) is 51.5 Å².